The normalized spacial score (nSPS) is 36.1. The molecule has 98 valence electrons. The molecule has 0 aliphatic heterocycles. The molecule has 2 saturated carbocycles. The molecule has 3 nitrogen and oxygen atoms in total. The van der Waals surface area contributed by atoms with Crippen molar-refractivity contribution in [1.29, 1.82) is 0 Å². The first-order valence-corrected chi connectivity index (χ1v) is 7.10. The van der Waals surface area contributed by atoms with E-state index < -0.39 is 0 Å². The second-order valence-electron chi connectivity index (χ2n) is 6.19. The number of amides is 1. The molecule has 0 aromatic heterocycles. The van der Waals surface area contributed by atoms with Crippen molar-refractivity contribution in [3.63, 3.8) is 0 Å². The third-order valence-electron chi connectivity index (χ3n) is 5.21. The first kappa shape index (κ1) is 12.9. The van der Waals surface area contributed by atoms with E-state index >= 15 is 0 Å². The van der Waals surface area contributed by atoms with Crippen LogP contribution in [-0.4, -0.2) is 18.5 Å². The van der Waals surface area contributed by atoms with E-state index in [1.807, 2.05) is 0 Å². The second kappa shape index (κ2) is 4.97. The van der Waals surface area contributed by atoms with Gasteiger partial charge in [-0.3, -0.25) is 4.79 Å². The summed E-state index contributed by atoms with van der Waals surface area (Å²) in [5.41, 5.74) is 5.60. The summed E-state index contributed by atoms with van der Waals surface area (Å²) >= 11 is 0. The molecule has 0 aromatic carbocycles. The fourth-order valence-corrected chi connectivity index (χ4v) is 3.47. The minimum absolute atomic E-state index is 0.225. The number of nitrogens with two attached hydrogens (primary N) is 1. The third kappa shape index (κ3) is 2.35. The molecule has 2 aliphatic rings. The Hall–Kier alpha value is -0.570. The molecular formula is C14H26N2O. The Kier molecular flexibility index (Phi) is 3.76. The predicted octanol–water partition coefficient (Wildman–Crippen LogP) is 2.06. The number of carbonyl (C=O) groups excluding carboxylic acids is 1. The highest BCUT2D eigenvalue weighted by molar-refractivity contribution is 5.83. The lowest BCUT2D eigenvalue weighted by molar-refractivity contribution is -0.131. The van der Waals surface area contributed by atoms with E-state index in [4.69, 9.17) is 5.73 Å². The maximum absolute atomic E-state index is 12.4. The van der Waals surface area contributed by atoms with E-state index in [0.29, 0.717) is 18.5 Å². The Morgan fingerprint density at radius 2 is 1.94 bits per heavy atom. The highest BCUT2D eigenvalue weighted by atomic mass is 16.2. The van der Waals surface area contributed by atoms with Gasteiger partial charge < -0.3 is 11.1 Å². The summed E-state index contributed by atoms with van der Waals surface area (Å²) in [4.78, 5) is 12.4. The second-order valence-corrected chi connectivity index (χ2v) is 6.19. The van der Waals surface area contributed by atoms with Crippen LogP contribution in [0.2, 0.25) is 0 Å². The van der Waals surface area contributed by atoms with Crippen LogP contribution in [0, 0.1) is 17.3 Å². The lowest BCUT2D eigenvalue weighted by atomic mass is 9.84. The van der Waals surface area contributed by atoms with Gasteiger partial charge in [-0.2, -0.15) is 0 Å². The Morgan fingerprint density at radius 1 is 1.29 bits per heavy atom. The zero-order valence-corrected chi connectivity index (χ0v) is 11.2. The molecule has 2 aliphatic carbocycles. The predicted molar refractivity (Wildman–Crippen MR) is 69.4 cm³/mol. The summed E-state index contributed by atoms with van der Waals surface area (Å²) in [5.74, 6) is 1.57. The molecule has 0 radical (unpaired) electrons. The van der Waals surface area contributed by atoms with Crippen molar-refractivity contribution in [2.24, 2.45) is 23.0 Å². The average Bonchev–Trinajstić information content (AvgIpc) is 2.92. The first-order valence-electron chi connectivity index (χ1n) is 7.10. The summed E-state index contributed by atoms with van der Waals surface area (Å²) in [5, 5.41) is 3.27. The van der Waals surface area contributed by atoms with Crippen molar-refractivity contribution in [2.45, 2.75) is 58.4 Å². The van der Waals surface area contributed by atoms with E-state index in [1.54, 1.807) is 0 Å². The number of hydrogen-bond donors (Lipinski definition) is 2. The van der Waals surface area contributed by atoms with Gasteiger partial charge in [0.25, 0.3) is 0 Å². The number of carbonyl (C=O) groups is 1. The quantitative estimate of drug-likeness (QED) is 0.790. The molecular weight excluding hydrogens is 212 g/mol. The van der Waals surface area contributed by atoms with Crippen LogP contribution < -0.4 is 11.1 Å². The lowest BCUT2D eigenvalue weighted by Gasteiger charge is -2.29. The van der Waals surface area contributed by atoms with E-state index in [-0.39, 0.29) is 11.3 Å². The largest absolute Gasteiger partial charge is 0.353 e. The Labute approximate surface area is 105 Å². The van der Waals surface area contributed by atoms with Crippen LogP contribution in [0.25, 0.3) is 0 Å². The van der Waals surface area contributed by atoms with E-state index in [2.05, 4.69) is 19.2 Å². The average molecular weight is 238 g/mol. The first-order chi connectivity index (χ1) is 8.09. The summed E-state index contributed by atoms with van der Waals surface area (Å²) in [6.45, 7) is 5.05. The van der Waals surface area contributed by atoms with Gasteiger partial charge in [-0.05, 0) is 37.5 Å². The highest BCUT2D eigenvalue weighted by Gasteiger charge is 2.42. The molecule has 3 unspecified atom stereocenters. The fourth-order valence-electron chi connectivity index (χ4n) is 3.47. The van der Waals surface area contributed by atoms with Crippen molar-refractivity contribution >= 4 is 5.91 Å². The van der Waals surface area contributed by atoms with Gasteiger partial charge in [0.05, 0.1) is 5.41 Å². The van der Waals surface area contributed by atoms with Crippen LogP contribution in [0.1, 0.15) is 52.4 Å². The molecule has 0 heterocycles. The number of rotatable bonds is 3. The molecule has 2 fully saturated rings. The molecule has 3 heteroatoms. The molecule has 1 amide bonds. The number of hydrogen-bond acceptors (Lipinski definition) is 2. The minimum Gasteiger partial charge on any atom is -0.353 e. The van der Waals surface area contributed by atoms with Crippen LogP contribution in [0.3, 0.4) is 0 Å². The third-order valence-corrected chi connectivity index (χ3v) is 5.21. The van der Waals surface area contributed by atoms with Crippen molar-refractivity contribution < 1.29 is 4.79 Å². The summed E-state index contributed by atoms with van der Waals surface area (Å²) in [6.07, 6.45) is 6.64. The molecule has 0 bridgehead atoms. The molecule has 3 N–H and O–H groups in total. The van der Waals surface area contributed by atoms with Crippen molar-refractivity contribution in [2.75, 3.05) is 6.54 Å². The Bertz CT molecular complexity index is 284. The zero-order chi connectivity index (χ0) is 12.5. The van der Waals surface area contributed by atoms with Gasteiger partial charge in [-0.15, -0.1) is 0 Å². The van der Waals surface area contributed by atoms with Crippen LogP contribution in [0.5, 0.6) is 0 Å². The monoisotopic (exact) mass is 238 g/mol. The van der Waals surface area contributed by atoms with Crippen molar-refractivity contribution in [3.05, 3.63) is 0 Å². The van der Waals surface area contributed by atoms with Crippen LogP contribution >= 0.6 is 0 Å². The van der Waals surface area contributed by atoms with E-state index in [9.17, 15) is 4.79 Å². The number of nitrogens with one attached hydrogen (secondary N) is 1. The van der Waals surface area contributed by atoms with Gasteiger partial charge >= 0.3 is 0 Å². The maximum atomic E-state index is 12.4. The standard InChI is InChI=1S/C14H26N2O/c1-10-5-6-12(11(10)2)16-13(17)14(9-15)7-3-4-8-14/h10-12H,3-9,15H2,1-2H3,(H,16,17). The van der Waals surface area contributed by atoms with Crippen LogP contribution in [-0.2, 0) is 4.79 Å². The molecule has 3 atom stereocenters. The van der Waals surface area contributed by atoms with Gasteiger partial charge in [-0.25, -0.2) is 0 Å². The summed E-state index contributed by atoms with van der Waals surface area (Å²) < 4.78 is 0. The van der Waals surface area contributed by atoms with Crippen LogP contribution in [0.15, 0.2) is 0 Å². The highest BCUT2D eigenvalue weighted by Crippen LogP contribution is 2.38. The zero-order valence-electron chi connectivity index (χ0n) is 11.2. The maximum Gasteiger partial charge on any atom is 0.227 e. The van der Waals surface area contributed by atoms with Crippen LogP contribution in [0.4, 0.5) is 0 Å². The van der Waals surface area contributed by atoms with Gasteiger partial charge in [0, 0.05) is 12.6 Å². The van der Waals surface area contributed by atoms with Crippen molar-refractivity contribution in [3.8, 4) is 0 Å². The Balaban J connectivity index is 1.96. The molecule has 2 rings (SSSR count). The molecule has 0 spiro atoms. The van der Waals surface area contributed by atoms with Gasteiger partial charge in [-0.1, -0.05) is 26.7 Å². The molecule has 0 aromatic rings. The summed E-state index contributed by atoms with van der Waals surface area (Å²) in [6, 6.07) is 0.376. The summed E-state index contributed by atoms with van der Waals surface area (Å²) in [7, 11) is 0. The SMILES string of the molecule is CC1CCC(NC(=O)C2(CN)CCCC2)C1C. The minimum atomic E-state index is -0.244. The fraction of sp³-hybridized carbons (Fsp3) is 0.929. The van der Waals surface area contributed by atoms with Gasteiger partial charge in [0.2, 0.25) is 5.91 Å². The lowest BCUT2D eigenvalue weighted by Crippen LogP contribution is -2.48. The Morgan fingerprint density at radius 3 is 2.41 bits per heavy atom. The van der Waals surface area contributed by atoms with Crippen molar-refractivity contribution in [1.82, 2.24) is 5.32 Å². The molecule has 17 heavy (non-hydrogen) atoms. The molecule has 0 saturated heterocycles. The van der Waals surface area contributed by atoms with Gasteiger partial charge in [0.15, 0.2) is 0 Å². The van der Waals surface area contributed by atoms with E-state index in [0.717, 1.165) is 38.0 Å². The van der Waals surface area contributed by atoms with E-state index in [1.165, 1.54) is 6.42 Å². The topological polar surface area (TPSA) is 55.1 Å². The smallest absolute Gasteiger partial charge is 0.227 e. The van der Waals surface area contributed by atoms with Gasteiger partial charge in [0.1, 0.15) is 0 Å².